The number of carbonyl (C=O) groups excluding carboxylic acids is 1. The maximum atomic E-state index is 11.3. The molecule has 0 heterocycles. The standard InChI is InChI=1S/C10H19NO3/c1-5-13-8-6-7(8)11-9(12)14-10(2,3)4/h7-8H,5-6H2,1-4H3,(H,11,12)/t7-,8-/m0/s1. The van der Waals surface area contributed by atoms with Crippen molar-refractivity contribution in [3.8, 4) is 0 Å². The second-order valence-electron chi connectivity index (χ2n) is 4.48. The van der Waals surface area contributed by atoms with Crippen LogP contribution in [0.1, 0.15) is 34.1 Å². The first-order valence-corrected chi connectivity index (χ1v) is 5.03. The summed E-state index contributed by atoms with van der Waals surface area (Å²) in [7, 11) is 0. The van der Waals surface area contributed by atoms with Gasteiger partial charge in [-0.05, 0) is 34.1 Å². The van der Waals surface area contributed by atoms with Gasteiger partial charge < -0.3 is 14.8 Å². The molecular weight excluding hydrogens is 182 g/mol. The maximum Gasteiger partial charge on any atom is 0.407 e. The lowest BCUT2D eigenvalue weighted by molar-refractivity contribution is 0.0499. The number of hydrogen-bond acceptors (Lipinski definition) is 3. The number of hydrogen-bond donors (Lipinski definition) is 1. The molecule has 1 fully saturated rings. The van der Waals surface area contributed by atoms with Crippen LogP contribution in [0.25, 0.3) is 0 Å². The molecule has 1 aliphatic carbocycles. The number of amides is 1. The molecule has 4 heteroatoms. The van der Waals surface area contributed by atoms with Crippen molar-refractivity contribution in [3.63, 3.8) is 0 Å². The zero-order chi connectivity index (χ0) is 10.8. The van der Waals surface area contributed by atoms with Gasteiger partial charge in [0.15, 0.2) is 0 Å². The molecule has 0 radical (unpaired) electrons. The summed E-state index contributed by atoms with van der Waals surface area (Å²) in [5.74, 6) is 0. The second kappa shape index (κ2) is 4.17. The highest BCUT2D eigenvalue weighted by molar-refractivity contribution is 5.68. The van der Waals surface area contributed by atoms with Crippen LogP contribution in [0.2, 0.25) is 0 Å². The van der Waals surface area contributed by atoms with E-state index in [9.17, 15) is 4.79 Å². The van der Waals surface area contributed by atoms with Gasteiger partial charge >= 0.3 is 6.09 Å². The van der Waals surface area contributed by atoms with Crippen molar-refractivity contribution in [2.45, 2.75) is 51.9 Å². The molecule has 0 aromatic rings. The zero-order valence-electron chi connectivity index (χ0n) is 9.29. The summed E-state index contributed by atoms with van der Waals surface area (Å²) in [6, 6.07) is 0.143. The molecule has 1 rings (SSSR count). The van der Waals surface area contributed by atoms with Gasteiger partial charge in [0.2, 0.25) is 0 Å². The average Bonchev–Trinajstić information content (AvgIpc) is 2.63. The summed E-state index contributed by atoms with van der Waals surface area (Å²) in [5.41, 5.74) is -0.430. The van der Waals surface area contributed by atoms with Crippen LogP contribution in [-0.2, 0) is 9.47 Å². The average molecular weight is 201 g/mol. The van der Waals surface area contributed by atoms with Gasteiger partial charge in [0.25, 0.3) is 0 Å². The highest BCUT2D eigenvalue weighted by atomic mass is 16.6. The van der Waals surface area contributed by atoms with Crippen molar-refractivity contribution < 1.29 is 14.3 Å². The van der Waals surface area contributed by atoms with Crippen LogP contribution in [0.15, 0.2) is 0 Å². The quantitative estimate of drug-likeness (QED) is 0.755. The van der Waals surface area contributed by atoms with Crippen LogP contribution < -0.4 is 5.32 Å². The molecule has 0 spiro atoms. The fourth-order valence-corrected chi connectivity index (χ4v) is 1.18. The summed E-state index contributed by atoms with van der Waals surface area (Å²) in [4.78, 5) is 11.3. The summed E-state index contributed by atoms with van der Waals surface area (Å²) < 4.78 is 10.4. The monoisotopic (exact) mass is 201 g/mol. The van der Waals surface area contributed by atoms with Gasteiger partial charge in [0, 0.05) is 6.61 Å². The van der Waals surface area contributed by atoms with Gasteiger partial charge in [0.1, 0.15) is 5.60 Å². The van der Waals surface area contributed by atoms with Crippen LogP contribution >= 0.6 is 0 Å². The predicted molar refractivity (Wildman–Crippen MR) is 53.2 cm³/mol. The molecule has 4 nitrogen and oxygen atoms in total. The number of ether oxygens (including phenoxy) is 2. The van der Waals surface area contributed by atoms with E-state index >= 15 is 0 Å². The lowest BCUT2D eigenvalue weighted by atomic mass is 10.2. The Morgan fingerprint density at radius 3 is 2.64 bits per heavy atom. The van der Waals surface area contributed by atoms with Gasteiger partial charge in [-0.15, -0.1) is 0 Å². The fourth-order valence-electron chi connectivity index (χ4n) is 1.18. The Hall–Kier alpha value is -0.770. The Morgan fingerprint density at radius 1 is 1.50 bits per heavy atom. The third-order valence-corrected chi connectivity index (χ3v) is 1.81. The number of nitrogens with one attached hydrogen (secondary N) is 1. The minimum absolute atomic E-state index is 0.143. The molecule has 0 aromatic heterocycles. The van der Waals surface area contributed by atoms with E-state index in [-0.39, 0.29) is 18.2 Å². The molecule has 1 saturated carbocycles. The third kappa shape index (κ3) is 3.96. The highest BCUT2D eigenvalue weighted by Crippen LogP contribution is 2.25. The predicted octanol–water partition coefficient (Wildman–Crippen LogP) is 1.69. The van der Waals surface area contributed by atoms with Crippen LogP contribution in [0.3, 0.4) is 0 Å². The highest BCUT2D eigenvalue weighted by Gasteiger charge is 2.40. The summed E-state index contributed by atoms with van der Waals surface area (Å²) in [6.45, 7) is 8.18. The molecule has 82 valence electrons. The molecule has 0 aromatic carbocycles. The van der Waals surface area contributed by atoms with E-state index in [1.165, 1.54) is 0 Å². The first-order valence-electron chi connectivity index (χ1n) is 5.03. The number of rotatable bonds is 3. The normalized spacial score (nSPS) is 25.7. The largest absolute Gasteiger partial charge is 0.444 e. The molecule has 0 saturated heterocycles. The molecule has 1 N–H and O–H groups in total. The van der Waals surface area contributed by atoms with Crippen molar-refractivity contribution in [3.05, 3.63) is 0 Å². The molecule has 1 amide bonds. The first-order chi connectivity index (χ1) is 6.42. The third-order valence-electron chi connectivity index (χ3n) is 1.81. The Labute approximate surface area is 85.0 Å². The Morgan fingerprint density at radius 2 is 2.14 bits per heavy atom. The second-order valence-corrected chi connectivity index (χ2v) is 4.48. The number of alkyl carbamates (subject to hydrolysis) is 1. The molecule has 14 heavy (non-hydrogen) atoms. The zero-order valence-corrected chi connectivity index (χ0v) is 9.29. The Bertz CT molecular complexity index is 210. The van der Waals surface area contributed by atoms with Crippen LogP contribution in [0.4, 0.5) is 4.79 Å². The molecular formula is C10H19NO3. The molecule has 0 unspecified atom stereocenters. The molecule has 0 aliphatic heterocycles. The minimum atomic E-state index is -0.430. The van der Waals surface area contributed by atoms with Crippen molar-refractivity contribution in [2.75, 3.05) is 6.61 Å². The summed E-state index contributed by atoms with van der Waals surface area (Å²) >= 11 is 0. The van der Waals surface area contributed by atoms with Crippen molar-refractivity contribution in [1.82, 2.24) is 5.32 Å². The van der Waals surface area contributed by atoms with E-state index in [0.717, 1.165) is 6.42 Å². The Balaban J connectivity index is 2.17. The van der Waals surface area contributed by atoms with Crippen LogP contribution in [0, 0.1) is 0 Å². The lowest BCUT2D eigenvalue weighted by Gasteiger charge is -2.19. The summed E-state index contributed by atoms with van der Waals surface area (Å²) in [6.07, 6.45) is 0.727. The van der Waals surface area contributed by atoms with Crippen LogP contribution in [-0.4, -0.2) is 30.4 Å². The van der Waals surface area contributed by atoms with Gasteiger partial charge in [-0.3, -0.25) is 0 Å². The van der Waals surface area contributed by atoms with Gasteiger partial charge in [-0.2, -0.15) is 0 Å². The molecule has 1 aliphatic rings. The van der Waals surface area contributed by atoms with E-state index < -0.39 is 5.60 Å². The van der Waals surface area contributed by atoms with Crippen LogP contribution in [0.5, 0.6) is 0 Å². The SMILES string of the molecule is CCO[C@H]1C[C@@H]1NC(=O)OC(C)(C)C. The van der Waals surface area contributed by atoms with E-state index in [1.807, 2.05) is 27.7 Å². The van der Waals surface area contributed by atoms with Gasteiger partial charge in [-0.25, -0.2) is 4.79 Å². The van der Waals surface area contributed by atoms with Crippen molar-refractivity contribution >= 4 is 6.09 Å². The minimum Gasteiger partial charge on any atom is -0.444 e. The van der Waals surface area contributed by atoms with Gasteiger partial charge in [0.05, 0.1) is 12.1 Å². The smallest absolute Gasteiger partial charge is 0.407 e. The van der Waals surface area contributed by atoms with Crippen molar-refractivity contribution in [2.24, 2.45) is 0 Å². The Kier molecular flexibility index (Phi) is 3.37. The topological polar surface area (TPSA) is 47.6 Å². The van der Waals surface area contributed by atoms with Crippen molar-refractivity contribution in [1.29, 1.82) is 0 Å². The molecule has 0 bridgehead atoms. The van der Waals surface area contributed by atoms with E-state index in [4.69, 9.17) is 9.47 Å². The summed E-state index contributed by atoms with van der Waals surface area (Å²) in [5, 5.41) is 2.76. The van der Waals surface area contributed by atoms with E-state index in [2.05, 4.69) is 5.32 Å². The van der Waals surface area contributed by atoms with E-state index in [0.29, 0.717) is 6.61 Å². The number of carbonyl (C=O) groups is 1. The van der Waals surface area contributed by atoms with Gasteiger partial charge in [-0.1, -0.05) is 0 Å². The maximum absolute atomic E-state index is 11.3. The lowest BCUT2D eigenvalue weighted by Crippen LogP contribution is -2.35. The fraction of sp³-hybridized carbons (Fsp3) is 0.900. The van der Waals surface area contributed by atoms with E-state index in [1.54, 1.807) is 0 Å². The molecule has 2 atom stereocenters. The first kappa shape index (κ1) is 11.3.